The van der Waals surface area contributed by atoms with Gasteiger partial charge in [-0.3, -0.25) is 0 Å². The fourth-order valence-electron chi connectivity index (χ4n) is 0.154. The molecule has 0 rings (SSSR count). The van der Waals surface area contributed by atoms with Crippen LogP contribution in [0.2, 0.25) is 0 Å². The molecule has 0 saturated heterocycles. The van der Waals surface area contributed by atoms with E-state index in [1.165, 1.54) is 0 Å². The van der Waals surface area contributed by atoms with Crippen LogP contribution in [0.25, 0.3) is 0 Å². The van der Waals surface area contributed by atoms with Crippen molar-refractivity contribution in [3.63, 3.8) is 0 Å². The molecule has 0 aliphatic rings. The Bertz CT molecular complexity index is 190. The molecule has 0 heterocycles. The topological polar surface area (TPSA) is 113 Å². The third kappa shape index (κ3) is 5.81. The number of hydrogen-bond donors (Lipinski definition) is 3. The van der Waals surface area contributed by atoms with Crippen LogP contribution in [0.3, 0.4) is 0 Å². The summed E-state index contributed by atoms with van der Waals surface area (Å²) in [5.74, 6) is 0. The van der Waals surface area contributed by atoms with E-state index < -0.39 is 15.6 Å². The molecule has 60 valence electrons. The Morgan fingerprint density at radius 1 is 1.20 bits per heavy atom. The second-order valence-electron chi connectivity index (χ2n) is 1.15. The van der Waals surface area contributed by atoms with Gasteiger partial charge in [0.1, 0.15) is 0 Å². The fourth-order valence-corrected chi connectivity index (χ4v) is 2.37. The molecule has 1 atom stereocenters. The van der Waals surface area contributed by atoms with Gasteiger partial charge < -0.3 is 0 Å². The Kier molecular flexibility index (Phi) is 4.03. The zero-order valence-electron chi connectivity index (χ0n) is 4.45. The summed E-state index contributed by atoms with van der Waals surface area (Å²) in [5, 5.41) is 0. The minimum atomic E-state index is -4.92. The first-order chi connectivity index (χ1) is 4.27. The summed E-state index contributed by atoms with van der Waals surface area (Å²) in [6.45, 7) is 0. The van der Waals surface area contributed by atoms with Gasteiger partial charge in [-0.05, 0) is 0 Å². The van der Waals surface area contributed by atoms with Crippen LogP contribution in [0.15, 0.2) is 0 Å². The molecule has 10 heavy (non-hydrogen) atoms. The van der Waals surface area contributed by atoms with Crippen LogP contribution < -0.4 is 0 Å². The Morgan fingerprint density at radius 3 is 1.70 bits per heavy atom. The molecule has 0 aliphatic heterocycles. The van der Waals surface area contributed by atoms with Crippen molar-refractivity contribution in [1.82, 2.24) is 0 Å². The van der Waals surface area contributed by atoms with E-state index in [0.29, 0.717) is 0 Å². The van der Waals surface area contributed by atoms with Gasteiger partial charge in [0.15, 0.2) is 0 Å². The molecule has 0 aromatic rings. The molecule has 0 spiro atoms. The summed E-state index contributed by atoms with van der Waals surface area (Å²) in [5.41, 5.74) is 0. The van der Waals surface area contributed by atoms with E-state index >= 15 is 0 Å². The van der Waals surface area contributed by atoms with Gasteiger partial charge in [0.25, 0.3) is 0 Å². The molecule has 2 radical (unpaired) electrons. The Balaban J connectivity index is 4.17. The third-order valence-electron chi connectivity index (χ3n) is 0.343. The van der Waals surface area contributed by atoms with Crippen molar-refractivity contribution in [2.75, 3.05) is 0 Å². The van der Waals surface area contributed by atoms with Crippen LogP contribution >= 0.6 is 15.6 Å². The standard InChI is InChI=1S/H4O7P2.Sn.H/c1-8(2,3)7-9(4,5)6;;/h(H2,1,2,3)(H2,4,5,6);;/q;+1;/p-1. The minimum absolute atomic E-state index is 0.0813. The zero-order valence-corrected chi connectivity index (χ0v) is 9.53. The normalized spacial score (nSPS) is 18.4. The molecule has 0 aromatic carbocycles. The monoisotopic (exact) mass is 298 g/mol. The number of phosphoric acid groups is 2. The van der Waals surface area contributed by atoms with Crippen LogP contribution in [-0.4, -0.2) is 37.6 Å². The average Bonchev–Trinajstić information content (AvgIpc) is 1.60. The molecule has 10 heteroatoms. The van der Waals surface area contributed by atoms with E-state index in [2.05, 4.69) is 7.17 Å². The maximum absolute atomic E-state index is 10.2. The van der Waals surface area contributed by atoms with E-state index in [1.54, 1.807) is 0 Å². The van der Waals surface area contributed by atoms with Crippen LogP contribution in [-0.2, 0) is 16.3 Å². The first kappa shape index (κ1) is 11.1. The van der Waals surface area contributed by atoms with E-state index in [1.807, 2.05) is 0 Å². The van der Waals surface area contributed by atoms with Crippen LogP contribution in [0.1, 0.15) is 0 Å². The summed E-state index contributed by atoms with van der Waals surface area (Å²) in [6.07, 6.45) is 0. The SMILES string of the molecule is O=P(O)(O)OP(=O)(O)[O][SnH]. The van der Waals surface area contributed by atoms with Crippen molar-refractivity contribution in [2.45, 2.75) is 0 Å². The molecular formula is H4O7P2Sn. The average molecular weight is 297 g/mol. The van der Waals surface area contributed by atoms with Gasteiger partial charge >= 0.3 is 69.6 Å². The summed E-state index contributed by atoms with van der Waals surface area (Å²) in [4.78, 5) is 24.3. The molecule has 3 N–H and O–H groups in total. The van der Waals surface area contributed by atoms with Crippen LogP contribution in [0.4, 0.5) is 0 Å². The van der Waals surface area contributed by atoms with Gasteiger partial charge in [0, 0.05) is 0 Å². The maximum atomic E-state index is 10.2. The summed E-state index contributed by atoms with van der Waals surface area (Å²) >= 11 is -0.0813. The first-order valence-electron chi connectivity index (χ1n) is 1.75. The van der Waals surface area contributed by atoms with E-state index in [9.17, 15) is 9.13 Å². The molecule has 0 saturated carbocycles. The van der Waals surface area contributed by atoms with Gasteiger partial charge in [0.05, 0.1) is 0 Å². The fraction of sp³-hybridized carbons (Fsp3) is 0. The Hall–Kier alpha value is 1.06. The van der Waals surface area contributed by atoms with E-state index in [4.69, 9.17) is 14.7 Å². The van der Waals surface area contributed by atoms with Crippen LogP contribution in [0.5, 0.6) is 0 Å². The molecule has 0 fully saturated rings. The van der Waals surface area contributed by atoms with E-state index in [-0.39, 0.29) is 22.9 Å². The molecular weight excluding hydrogens is 293 g/mol. The Labute approximate surface area is 69.8 Å². The summed E-state index contributed by atoms with van der Waals surface area (Å²) < 4.78 is 27.3. The van der Waals surface area contributed by atoms with Crippen LogP contribution in [0, 0.1) is 0 Å². The molecule has 0 aromatic heterocycles. The molecule has 7 nitrogen and oxygen atoms in total. The Morgan fingerprint density at radius 2 is 1.60 bits per heavy atom. The van der Waals surface area contributed by atoms with Crippen molar-refractivity contribution in [3.05, 3.63) is 0 Å². The summed E-state index contributed by atoms with van der Waals surface area (Å²) in [6, 6.07) is 0. The van der Waals surface area contributed by atoms with Crippen molar-refractivity contribution in [1.29, 1.82) is 0 Å². The van der Waals surface area contributed by atoms with Gasteiger partial charge in [-0.15, -0.1) is 0 Å². The van der Waals surface area contributed by atoms with Gasteiger partial charge in [-0.1, -0.05) is 0 Å². The van der Waals surface area contributed by atoms with Gasteiger partial charge in [-0.25, -0.2) is 0 Å². The molecule has 0 aliphatic carbocycles. The number of rotatable bonds is 3. The van der Waals surface area contributed by atoms with Crippen molar-refractivity contribution >= 4 is 38.6 Å². The van der Waals surface area contributed by atoms with Crippen molar-refractivity contribution < 1.29 is 31.0 Å². The predicted molar refractivity (Wildman–Crippen MR) is 31.2 cm³/mol. The second-order valence-corrected chi connectivity index (χ2v) is 5.73. The summed E-state index contributed by atoms with van der Waals surface area (Å²) in [7, 11) is -9.42. The van der Waals surface area contributed by atoms with Gasteiger partial charge in [-0.2, -0.15) is 0 Å². The molecule has 0 bridgehead atoms. The first-order valence-corrected chi connectivity index (χ1v) is 6.12. The van der Waals surface area contributed by atoms with Crippen molar-refractivity contribution in [3.8, 4) is 0 Å². The van der Waals surface area contributed by atoms with Gasteiger partial charge in [0.2, 0.25) is 0 Å². The molecule has 1 unspecified atom stereocenters. The predicted octanol–water partition coefficient (Wildman–Crippen LogP) is -0.972. The zero-order chi connectivity index (χ0) is 8.41. The van der Waals surface area contributed by atoms with Crippen molar-refractivity contribution in [2.24, 2.45) is 0 Å². The quantitative estimate of drug-likeness (QED) is 0.453. The molecule has 0 amide bonds. The number of hydrogen-bond acceptors (Lipinski definition) is 4. The second kappa shape index (κ2) is 3.64. The van der Waals surface area contributed by atoms with E-state index in [0.717, 1.165) is 0 Å². The third-order valence-corrected chi connectivity index (χ3v) is 4.57.